The number of hydrogen-bond acceptors (Lipinski definition) is 6. The zero-order valence-corrected chi connectivity index (χ0v) is 13.0. The topological polar surface area (TPSA) is 77.3 Å². The standard InChI is InChI=1S/C15H22N2O4/c1-8(2)5-10-14(18)20-12(16-10)7-13-17-11(6-9(3)4)15(19)21-13/h8-11H,5-7H2,1-4H3. The van der Waals surface area contributed by atoms with Crippen LogP contribution in [-0.2, 0) is 19.1 Å². The van der Waals surface area contributed by atoms with Crippen LogP contribution in [-0.4, -0.2) is 35.8 Å². The third-order valence-corrected chi connectivity index (χ3v) is 3.27. The summed E-state index contributed by atoms with van der Waals surface area (Å²) in [5.74, 6) is 0.653. The van der Waals surface area contributed by atoms with Gasteiger partial charge in [0, 0.05) is 0 Å². The number of esters is 2. The van der Waals surface area contributed by atoms with Crippen molar-refractivity contribution >= 4 is 23.7 Å². The zero-order valence-electron chi connectivity index (χ0n) is 13.0. The van der Waals surface area contributed by atoms with Crippen LogP contribution in [0, 0.1) is 11.8 Å². The lowest BCUT2D eigenvalue weighted by Gasteiger charge is -2.05. The molecule has 2 atom stereocenters. The molecule has 6 nitrogen and oxygen atoms in total. The average molecular weight is 294 g/mol. The fraction of sp³-hybridized carbons (Fsp3) is 0.733. The van der Waals surface area contributed by atoms with Gasteiger partial charge in [-0.1, -0.05) is 27.7 Å². The third kappa shape index (κ3) is 4.12. The minimum atomic E-state index is -0.441. The molecule has 0 aromatic rings. The summed E-state index contributed by atoms with van der Waals surface area (Å²) in [7, 11) is 0. The zero-order chi connectivity index (χ0) is 15.6. The molecule has 0 aromatic heterocycles. The van der Waals surface area contributed by atoms with E-state index in [1.165, 1.54) is 0 Å². The average Bonchev–Trinajstić information content (AvgIpc) is 2.83. The number of nitrogens with zero attached hydrogens (tertiary/aromatic N) is 2. The van der Waals surface area contributed by atoms with Crippen LogP contribution >= 0.6 is 0 Å². The minimum Gasteiger partial charge on any atom is -0.410 e. The summed E-state index contributed by atoms with van der Waals surface area (Å²) in [4.78, 5) is 31.9. The highest BCUT2D eigenvalue weighted by molar-refractivity contribution is 6.09. The van der Waals surface area contributed by atoms with Crippen molar-refractivity contribution in [2.45, 2.75) is 59.0 Å². The van der Waals surface area contributed by atoms with Crippen molar-refractivity contribution in [3.05, 3.63) is 0 Å². The SMILES string of the molecule is CC(C)CC1N=C(CC2=NC(CC(C)C)C(=O)O2)OC1=O. The fourth-order valence-corrected chi connectivity index (χ4v) is 2.36. The third-order valence-electron chi connectivity index (χ3n) is 3.27. The van der Waals surface area contributed by atoms with Gasteiger partial charge in [-0.25, -0.2) is 19.6 Å². The Balaban J connectivity index is 1.96. The summed E-state index contributed by atoms with van der Waals surface area (Å²) >= 11 is 0. The first-order chi connectivity index (χ1) is 9.85. The van der Waals surface area contributed by atoms with Crippen molar-refractivity contribution < 1.29 is 19.1 Å². The number of hydrogen-bond donors (Lipinski definition) is 0. The molecular formula is C15H22N2O4. The van der Waals surface area contributed by atoms with Crippen LogP contribution in [0.2, 0.25) is 0 Å². The molecule has 0 saturated carbocycles. The molecule has 0 fully saturated rings. The lowest BCUT2D eigenvalue weighted by molar-refractivity contribution is -0.135. The van der Waals surface area contributed by atoms with E-state index in [4.69, 9.17) is 9.47 Å². The first kappa shape index (κ1) is 15.7. The van der Waals surface area contributed by atoms with Gasteiger partial charge in [-0.3, -0.25) is 0 Å². The molecule has 0 aromatic carbocycles. The number of cyclic esters (lactones) is 2. The Kier molecular flexibility index (Phi) is 4.75. The van der Waals surface area contributed by atoms with Gasteiger partial charge in [0.05, 0.1) is 0 Å². The van der Waals surface area contributed by atoms with Gasteiger partial charge in [-0.2, -0.15) is 0 Å². The molecule has 0 saturated heterocycles. The van der Waals surface area contributed by atoms with Gasteiger partial charge in [0.25, 0.3) is 0 Å². The highest BCUT2D eigenvalue weighted by Crippen LogP contribution is 2.20. The molecule has 21 heavy (non-hydrogen) atoms. The summed E-state index contributed by atoms with van der Waals surface area (Å²) in [5.41, 5.74) is 0. The monoisotopic (exact) mass is 294 g/mol. The smallest absolute Gasteiger partial charge is 0.337 e. The van der Waals surface area contributed by atoms with Crippen LogP contribution in [0.3, 0.4) is 0 Å². The van der Waals surface area contributed by atoms with Crippen molar-refractivity contribution in [3.63, 3.8) is 0 Å². The quantitative estimate of drug-likeness (QED) is 0.703. The Hall–Kier alpha value is -1.72. The summed E-state index contributed by atoms with van der Waals surface area (Å²) in [5, 5.41) is 0. The number of rotatable bonds is 6. The Morgan fingerprint density at radius 3 is 1.57 bits per heavy atom. The number of carbonyl (C=O) groups is 2. The summed E-state index contributed by atoms with van der Waals surface area (Å²) in [6, 6.07) is -0.881. The van der Waals surface area contributed by atoms with E-state index in [-0.39, 0.29) is 18.4 Å². The molecule has 2 aliphatic rings. The summed E-state index contributed by atoms with van der Waals surface area (Å²) in [6.45, 7) is 8.11. The fourth-order valence-electron chi connectivity index (χ4n) is 2.36. The van der Waals surface area contributed by atoms with E-state index < -0.39 is 12.1 Å². The van der Waals surface area contributed by atoms with E-state index >= 15 is 0 Å². The van der Waals surface area contributed by atoms with Crippen molar-refractivity contribution in [3.8, 4) is 0 Å². The maximum atomic E-state index is 11.7. The molecular weight excluding hydrogens is 272 g/mol. The molecule has 2 unspecified atom stereocenters. The molecule has 0 aliphatic carbocycles. The van der Waals surface area contributed by atoms with E-state index in [1.807, 2.05) is 27.7 Å². The first-order valence-electron chi connectivity index (χ1n) is 7.42. The van der Waals surface area contributed by atoms with E-state index in [9.17, 15) is 9.59 Å². The largest absolute Gasteiger partial charge is 0.410 e. The number of carbonyl (C=O) groups excluding carboxylic acids is 2. The molecule has 2 heterocycles. The second-order valence-corrected chi connectivity index (χ2v) is 6.36. The van der Waals surface area contributed by atoms with Crippen molar-refractivity contribution in [2.24, 2.45) is 21.8 Å². The molecule has 0 N–H and O–H groups in total. The van der Waals surface area contributed by atoms with Crippen LogP contribution < -0.4 is 0 Å². The van der Waals surface area contributed by atoms with E-state index in [0.29, 0.717) is 36.5 Å². The van der Waals surface area contributed by atoms with Crippen molar-refractivity contribution in [1.82, 2.24) is 0 Å². The predicted octanol–water partition coefficient (Wildman–Crippen LogP) is 2.12. The number of ether oxygens (including phenoxy) is 2. The Bertz CT molecular complexity index is 450. The van der Waals surface area contributed by atoms with Crippen LogP contribution in [0.15, 0.2) is 9.98 Å². The number of aliphatic imine (C=N–C) groups is 2. The molecule has 2 aliphatic heterocycles. The highest BCUT2D eigenvalue weighted by Gasteiger charge is 2.34. The van der Waals surface area contributed by atoms with Crippen LogP contribution in [0.5, 0.6) is 0 Å². The van der Waals surface area contributed by atoms with Crippen molar-refractivity contribution in [2.75, 3.05) is 0 Å². The van der Waals surface area contributed by atoms with Crippen LogP contribution in [0.25, 0.3) is 0 Å². The minimum absolute atomic E-state index is 0.167. The molecule has 0 spiro atoms. The maximum Gasteiger partial charge on any atom is 0.337 e. The maximum absolute atomic E-state index is 11.7. The molecule has 2 rings (SSSR count). The molecule has 0 bridgehead atoms. The van der Waals surface area contributed by atoms with Gasteiger partial charge < -0.3 is 9.47 Å². The molecule has 6 heteroatoms. The lowest BCUT2D eigenvalue weighted by Crippen LogP contribution is -2.18. The predicted molar refractivity (Wildman–Crippen MR) is 78.2 cm³/mol. The van der Waals surface area contributed by atoms with Gasteiger partial charge in [0.1, 0.15) is 6.42 Å². The second-order valence-electron chi connectivity index (χ2n) is 6.36. The summed E-state index contributed by atoms with van der Waals surface area (Å²) in [6.07, 6.45) is 1.48. The van der Waals surface area contributed by atoms with Gasteiger partial charge in [0.2, 0.25) is 11.8 Å². The van der Waals surface area contributed by atoms with E-state index in [2.05, 4.69) is 9.98 Å². The van der Waals surface area contributed by atoms with Crippen molar-refractivity contribution in [1.29, 1.82) is 0 Å². The van der Waals surface area contributed by atoms with E-state index in [0.717, 1.165) is 0 Å². The van der Waals surface area contributed by atoms with Gasteiger partial charge >= 0.3 is 11.9 Å². The molecule has 0 radical (unpaired) electrons. The van der Waals surface area contributed by atoms with Crippen LogP contribution in [0.4, 0.5) is 0 Å². The van der Waals surface area contributed by atoms with Gasteiger partial charge in [-0.15, -0.1) is 0 Å². The Labute approximate surface area is 124 Å². The second kappa shape index (κ2) is 6.37. The lowest BCUT2D eigenvalue weighted by atomic mass is 10.1. The molecule has 0 amide bonds. The highest BCUT2D eigenvalue weighted by atomic mass is 16.6. The Morgan fingerprint density at radius 2 is 1.24 bits per heavy atom. The van der Waals surface area contributed by atoms with Gasteiger partial charge in [0.15, 0.2) is 12.1 Å². The Morgan fingerprint density at radius 1 is 0.857 bits per heavy atom. The molecule has 116 valence electrons. The van der Waals surface area contributed by atoms with Gasteiger partial charge in [-0.05, 0) is 24.7 Å². The first-order valence-corrected chi connectivity index (χ1v) is 7.42. The van der Waals surface area contributed by atoms with Crippen LogP contribution in [0.1, 0.15) is 47.0 Å². The normalized spacial score (nSPS) is 25.2. The van der Waals surface area contributed by atoms with E-state index in [1.54, 1.807) is 0 Å². The summed E-state index contributed by atoms with van der Waals surface area (Å²) < 4.78 is 10.3.